The van der Waals surface area contributed by atoms with Gasteiger partial charge in [-0.25, -0.2) is 4.39 Å². The van der Waals surface area contributed by atoms with E-state index in [1.807, 2.05) is 20.8 Å². The number of ether oxygens (including phenoxy) is 1. The Labute approximate surface area is 116 Å². The summed E-state index contributed by atoms with van der Waals surface area (Å²) in [6, 6.07) is 3.77. The van der Waals surface area contributed by atoms with Gasteiger partial charge in [0, 0.05) is 5.69 Å². The number of hydrogen-bond acceptors (Lipinski definition) is 4. The minimum Gasteiger partial charge on any atom is -0.409 e. The van der Waals surface area contributed by atoms with Crippen LogP contribution in [0.15, 0.2) is 23.4 Å². The number of nitrogens with one attached hydrogen (secondary N) is 1. The molecule has 7 heteroatoms. The molecule has 1 rings (SSSR count). The molecule has 0 atom stereocenters. The fourth-order valence-electron chi connectivity index (χ4n) is 1.33. The van der Waals surface area contributed by atoms with Crippen molar-refractivity contribution in [3.05, 3.63) is 29.6 Å². The molecule has 1 aromatic rings. The maximum atomic E-state index is 13.4. The van der Waals surface area contributed by atoms with Crippen LogP contribution in [0.5, 0.6) is 0 Å². The highest BCUT2D eigenvalue weighted by Crippen LogP contribution is 2.15. The van der Waals surface area contributed by atoms with Crippen molar-refractivity contribution in [2.45, 2.75) is 26.4 Å². The van der Waals surface area contributed by atoms with Crippen LogP contribution >= 0.6 is 0 Å². The summed E-state index contributed by atoms with van der Waals surface area (Å²) in [5, 5.41) is 13.8. The van der Waals surface area contributed by atoms with Gasteiger partial charge in [-0.15, -0.1) is 0 Å². The zero-order chi connectivity index (χ0) is 15.3. The van der Waals surface area contributed by atoms with Gasteiger partial charge in [0.1, 0.15) is 12.4 Å². The molecule has 0 bridgehead atoms. The lowest BCUT2D eigenvalue weighted by Gasteiger charge is -2.19. The number of amides is 1. The Morgan fingerprint density at radius 1 is 1.50 bits per heavy atom. The Morgan fingerprint density at radius 2 is 2.15 bits per heavy atom. The van der Waals surface area contributed by atoms with Crippen molar-refractivity contribution in [1.29, 1.82) is 0 Å². The van der Waals surface area contributed by atoms with Crippen molar-refractivity contribution < 1.29 is 19.1 Å². The van der Waals surface area contributed by atoms with Crippen molar-refractivity contribution >= 4 is 17.4 Å². The van der Waals surface area contributed by atoms with E-state index in [4.69, 9.17) is 15.7 Å². The normalized spacial score (nSPS) is 12.3. The summed E-state index contributed by atoms with van der Waals surface area (Å²) < 4.78 is 18.8. The molecule has 0 saturated carbocycles. The molecule has 0 fully saturated rings. The van der Waals surface area contributed by atoms with Crippen LogP contribution in [0.25, 0.3) is 0 Å². The largest absolute Gasteiger partial charge is 0.409 e. The lowest BCUT2D eigenvalue weighted by molar-refractivity contribution is -0.125. The molecule has 0 aliphatic rings. The van der Waals surface area contributed by atoms with Crippen LogP contribution in [-0.4, -0.2) is 29.2 Å². The lowest BCUT2D eigenvalue weighted by Crippen LogP contribution is -2.27. The summed E-state index contributed by atoms with van der Waals surface area (Å²) in [6.07, 6.45) is 0. The van der Waals surface area contributed by atoms with Crippen LogP contribution in [0, 0.1) is 5.82 Å². The first-order valence-corrected chi connectivity index (χ1v) is 5.94. The minimum absolute atomic E-state index is 0.0953. The smallest absolute Gasteiger partial charge is 0.250 e. The first-order chi connectivity index (χ1) is 9.23. The third kappa shape index (κ3) is 4.85. The zero-order valence-electron chi connectivity index (χ0n) is 11.6. The number of carbonyl (C=O) groups excluding carboxylic acids is 1. The molecule has 0 aliphatic heterocycles. The topological polar surface area (TPSA) is 96.9 Å². The first-order valence-electron chi connectivity index (χ1n) is 5.94. The highest BCUT2D eigenvalue weighted by Gasteiger charge is 2.14. The molecule has 0 saturated heterocycles. The van der Waals surface area contributed by atoms with E-state index in [9.17, 15) is 9.18 Å². The number of carbonyl (C=O) groups is 1. The number of rotatable bonds is 4. The maximum absolute atomic E-state index is 13.4. The molecule has 0 spiro atoms. The molecule has 1 amide bonds. The molecule has 1 aromatic carbocycles. The summed E-state index contributed by atoms with van der Waals surface area (Å²) >= 11 is 0. The van der Waals surface area contributed by atoms with Gasteiger partial charge in [0.15, 0.2) is 5.84 Å². The molecular weight excluding hydrogens is 265 g/mol. The van der Waals surface area contributed by atoms with E-state index in [0.29, 0.717) is 5.69 Å². The van der Waals surface area contributed by atoms with Gasteiger partial charge < -0.3 is 21.0 Å². The molecule has 0 radical (unpaired) electrons. The van der Waals surface area contributed by atoms with E-state index >= 15 is 0 Å². The molecular formula is C13H18FN3O3. The van der Waals surface area contributed by atoms with Crippen LogP contribution < -0.4 is 11.1 Å². The molecule has 0 heterocycles. The van der Waals surface area contributed by atoms with E-state index in [1.165, 1.54) is 12.1 Å². The zero-order valence-corrected chi connectivity index (χ0v) is 11.6. The number of benzene rings is 1. The summed E-state index contributed by atoms with van der Waals surface area (Å²) in [5.74, 6) is -1.40. The SMILES string of the molecule is CC(C)(C)OCC(=O)Nc1ccc(F)c(/C(N)=N/O)c1. The second kappa shape index (κ2) is 6.33. The summed E-state index contributed by atoms with van der Waals surface area (Å²) in [5.41, 5.74) is 5.14. The van der Waals surface area contributed by atoms with Gasteiger partial charge in [0.25, 0.3) is 0 Å². The Hall–Kier alpha value is -2.15. The molecule has 0 aromatic heterocycles. The van der Waals surface area contributed by atoms with E-state index in [0.717, 1.165) is 6.07 Å². The fourth-order valence-corrected chi connectivity index (χ4v) is 1.33. The second-order valence-corrected chi connectivity index (χ2v) is 5.13. The summed E-state index contributed by atoms with van der Waals surface area (Å²) in [7, 11) is 0. The number of nitrogens with two attached hydrogens (primary N) is 1. The predicted molar refractivity (Wildman–Crippen MR) is 73.2 cm³/mol. The highest BCUT2D eigenvalue weighted by atomic mass is 19.1. The van der Waals surface area contributed by atoms with Gasteiger partial charge in [-0.1, -0.05) is 5.16 Å². The van der Waals surface area contributed by atoms with Crippen molar-refractivity contribution in [3.63, 3.8) is 0 Å². The minimum atomic E-state index is -0.649. The maximum Gasteiger partial charge on any atom is 0.250 e. The monoisotopic (exact) mass is 283 g/mol. The molecule has 110 valence electrons. The number of nitrogens with zero attached hydrogens (tertiary/aromatic N) is 1. The number of anilines is 1. The third-order valence-electron chi connectivity index (χ3n) is 2.27. The average molecular weight is 283 g/mol. The van der Waals surface area contributed by atoms with Crippen LogP contribution in [0.4, 0.5) is 10.1 Å². The number of hydrogen-bond donors (Lipinski definition) is 3. The Kier molecular flexibility index (Phi) is 5.04. The van der Waals surface area contributed by atoms with Gasteiger partial charge in [-0.05, 0) is 39.0 Å². The van der Waals surface area contributed by atoms with E-state index in [1.54, 1.807) is 0 Å². The number of halogens is 1. The number of oxime groups is 1. The van der Waals surface area contributed by atoms with Gasteiger partial charge in [0.2, 0.25) is 5.91 Å². The number of amidine groups is 1. The van der Waals surface area contributed by atoms with Crippen molar-refractivity contribution in [1.82, 2.24) is 0 Å². The van der Waals surface area contributed by atoms with Crippen LogP contribution in [0.3, 0.4) is 0 Å². The van der Waals surface area contributed by atoms with Gasteiger partial charge in [0.05, 0.1) is 11.2 Å². The van der Waals surface area contributed by atoms with Crippen molar-refractivity contribution in [3.8, 4) is 0 Å². The van der Waals surface area contributed by atoms with E-state index in [-0.39, 0.29) is 23.9 Å². The Morgan fingerprint density at radius 3 is 2.70 bits per heavy atom. The predicted octanol–water partition coefficient (Wildman–Crippen LogP) is 1.67. The average Bonchev–Trinajstić information content (AvgIpc) is 2.37. The van der Waals surface area contributed by atoms with Crippen LogP contribution in [0.1, 0.15) is 26.3 Å². The standard InChI is InChI=1S/C13H18FN3O3/c1-13(2,3)20-7-11(18)16-8-4-5-10(14)9(6-8)12(15)17-19/h4-6,19H,7H2,1-3H3,(H2,15,17)(H,16,18). The van der Waals surface area contributed by atoms with E-state index < -0.39 is 11.4 Å². The first kappa shape index (κ1) is 15.9. The fraction of sp³-hybridized carbons (Fsp3) is 0.385. The molecule has 20 heavy (non-hydrogen) atoms. The molecule has 4 N–H and O–H groups in total. The second-order valence-electron chi connectivity index (χ2n) is 5.13. The molecule has 0 unspecified atom stereocenters. The lowest BCUT2D eigenvalue weighted by atomic mass is 10.1. The highest BCUT2D eigenvalue weighted by molar-refractivity contribution is 5.99. The van der Waals surface area contributed by atoms with Gasteiger partial charge >= 0.3 is 0 Å². The van der Waals surface area contributed by atoms with E-state index in [2.05, 4.69) is 10.5 Å². The van der Waals surface area contributed by atoms with Gasteiger partial charge in [-0.3, -0.25) is 4.79 Å². The quantitative estimate of drug-likeness (QED) is 0.339. The van der Waals surface area contributed by atoms with Crippen LogP contribution in [-0.2, 0) is 9.53 Å². The van der Waals surface area contributed by atoms with Crippen LogP contribution in [0.2, 0.25) is 0 Å². The summed E-state index contributed by atoms with van der Waals surface area (Å²) in [4.78, 5) is 11.7. The van der Waals surface area contributed by atoms with Crippen molar-refractivity contribution in [2.24, 2.45) is 10.9 Å². The Bertz CT molecular complexity index is 524. The molecule has 0 aliphatic carbocycles. The van der Waals surface area contributed by atoms with Gasteiger partial charge in [-0.2, -0.15) is 0 Å². The third-order valence-corrected chi connectivity index (χ3v) is 2.27. The molecule has 6 nitrogen and oxygen atoms in total. The Balaban J connectivity index is 2.76. The summed E-state index contributed by atoms with van der Waals surface area (Å²) in [6.45, 7) is 5.36. The van der Waals surface area contributed by atoms with Crippen molar-refractivity contribution in [2.75, 3.05) is 11.9 Å².